The van der Waals surface area contributed by atoms with E-state index in [-0.39, 0.29) is 5.02 Å². The molecule has 1 N–H and O–H groups in total. The van der Waals surface area contributed by atoms with Crippen molar-refractivity contribution < 1.29 is 4.39 Å². The van der Waals surface area contributed by atoms with Gasteiger partial charge in [-0.15, -0.1) is 11.3 Å². The van der Waals surface area contributed by atoms with Crippen LogP contribution >= 0.6 is 22.9 Å². The highest BCUT2D eigenvalue weighted by molar-refractivity contribution is 7.17. The first-order valence-electron chi connectivity index (χ1n) is 7.22. The average molecular weight is 356 g/mol. The standard InChI is InChI=1S/C18H11ClFN3S/c19-14-8-12(6-7-15(14)20)23-17-16-13(11-4-2-1-3-5-11)9-24-18(16)22-10-21-17/h1-10H,(H,21,22,23). The molecule has 0 fully saturated rings. The molecule has 0 saturated carbocycles. The zero-order valence-corrected chi connectivity index (χ0v) is 13.9. The Labute approximate surface area is 146 Å². The second-order valence-electron chi connectivity index (χ2n) is 5.17. The van der Waals surface area contributed by atoms with E-state index in [1.165, 1.54) is 12.4 Å². The molecule has 118 valence electrons. The zero-order valence-electron chi connectivity index (χ0n) is 12.3. The van der Waals surface area contributed by atoms with Gasteiger partial charge in [0.2, 0.25) is 0 Å². The number of fused-ring (bicyclic) bond motifs is 1. The molecule has 4 aromatic rings. The molecule has 0 aliphatic carbocycles. The van der Waals surface area contributed by atoms with Crippen molar-refractivity contribution in [2.24, 2.45) is 0 Å². The highest BCUT2D eigenvalue weighted by Gasteiger charge is 2.13. The number of aromatic nitrogens is 2. The molecule has 0 amide bonds. The number of benzene rings is 2. The van der Waals surface area contributed by atoms with Crippen LogP contribution in [0.5, 0.6) is 0 Å². The van der Waals surface area contributed by atoms with Gasteiger partial charge in [0.15, 0.2) is 0 Å². The van der Waals surface area contributed by atoms with E-state index in [9.17, 15) is 4.39 Å². The van der Waals surface area contributed by atoms with Crippen molar-refractivity contribution >= 4 is 44.7 Å². The van der Waals surface area contributed by atoms with Crippen LogP contribution in [0.1, 0.15) is 0 Å². The maximum atomic E-state index is 13.3. The van der Waals surface area contributed by atoms with Crippen LogP contribution in [0.4, 0.5) is 15.9 Å². The van der Waals surface area contributed by atoms with Gasteiger partial charge in [0, 0.05) is 16.6 Å². The van der Waals surface area contributed by atoms with Gasteiger partial charge in [0.25, 0.3) is 0 Å². The number of rotatable bonds is 3. The molecule has 2 aromatic carbocycles. The minimum atomic E-state index is -0.449. The number of anilines is 2. The second kappa shape index (κ2) is 6.19. The number of hydrogen-bond acceptors (Lipinski definition) is 4. The van der Waals surface area contributed by atoms with Gasteiger partial charge in [-0.1, -0.05) is 41.9 Å². The summed E-state index contributed by atoms with van der Waals surface area (Å²) < 4.78 is 13.3. The smallest absolute Gasteiger partial charge is 0.143 e. The summed E-state index contributed by atoms with van der Waals surface area (Å²) in [6.45, 7) is 0. The summed E-state index contributed by atoms with van der Waals surface area (Å²) in [4.78, 5) is 9.59. The predicted molar refractivity (Wildman–Crippen MR) is 97.5 cm³/mol. The third-order valence-electron chi connectivity index (χ3n) is 3.64. The van der Waals surface area contributed by atoms with Gasteiger partial charge in [-0.05, 0) is 23.8 Å². The zero-order chi connectivity index (χ0) is 16.5. The number of nitrogens with one attached hydrogen (secondary N) is 1. The Bertz CT molecular complexity index is 1020. The quantitative estimate of drug-likeness (QED) is 0.497. The van der Waals surface area contributed by atoms with Gasteiger partial charge in [-0.25, -0.2) is 14.4 Å². The lowest BCUT2D eigenvalue weighted by atomic mass is 10.1. The Morgan fingerprint density at radius 2 is 1.88 bits per heavy atom. The molecular weight excluding hydrogens is 345 g/mol. The van der Waals surface area contributed by atoms with Crippen molar-refractivity contribution in [3.05, 3.63) is 71.1 Å². The van der Waals surface area contributed by atoms with E-state index in [4.69, 9.17) is 11.6 Å². The van der Waals surface area contributed by atoms with Gasteiger partial charge in [0.1, 0.15) is 22.8 Å². The molecule has 0 aliphatic rings. The van der Waals surface area contributed by atoms with Crippen molar-refractivity contribution in [2.75, 3.05) is 5.32 Å². The number of halogens is 2. The fourth-order valence-corrected chi connectivity index (χ4v) is 3.61. The van der Waals surface area contributed by atoms with Crippen LogP contribution in [-0.2, 0) is 0 Å². The highest BCUT2D eigenvalue weighted by atomic mass is 35.5. The molecule has 4 rings (SSSR count). The third kappa shape index (κ3) is 2.72. The molecule has 0 saturated heterocycles. The molecule has 0 radical (unpaired) electrons. The summed E-state index contributed by atoms with van der Waals surface area (Å²) in [5.74, 6) is 0.221. The normalized spacial score (nSPS) is 10.9. The maximum absolute atomic E-state index is 13.3. The van der Waals surface area contributed by atoms with Crippen LogP contribution in [-0.4, -0.2) is 9.97 Å². The summed E-state index contributed by atoms with van der Waals surface area (Å²) in [7, 11) is 0. The maximum Gasteiger partial charge on any atom is 0.143 e. The van der Waals surface area contributed by atoms with Crippen LogP contribution < -0.4 is 5.32 Å². The van der Waals surface area contributed by atoms with E-state index < -0.39 is 5.82 Å². The SMILES string of the molecule is Fc1ccc(Nc2ncnc3scc(-c4ccccc4)c23)cc1Cl. The molecule has 24 heavy (non-hydrogen) atoms. The lowest BCUT2D eigenvalue weighted by Crippen LogP contribution is -1.96. The van der Waals surface area contributed by atoms with Crippen molar-refractivity contribution in [2.45, 2.75) is 0 Å². The molecule has 0 bridgehead atoms. The average Bonchev–Trinajstić information content (AvgIpc) is 3.04. The fraction of sp³-hybridized carbons (Fsp3) is 0. The van der Waals surface area contributed by atoms with E-state index in [0.29, 0.717) is 11.5 Å². The molecular formula is C18H11ClFN3S. The Balaban J connectivity index is 1.83. The molecule has 0 atom stereocenters. The lowest BCUT2D eigenvalue weighted by Gasteiger charge is -2.09. The minimum absolute atomic E-state index is 0.0684. The van der Waals surface area contributed by atoms with Gasteiger partial charge in [0.05, 0.1) is 10.4 Å². The second-order valence-corrected chi connectivity index (χ2v) is 6.44. The number of nitrogens with zero attached hydrogens (tertiary/aromatic N) is 2. The lowest BCUT2D eigenvalue weighted by molar-refractivity contribution is 0.628. The van der Waals surface area contributed by atoms with Crippen LogP contribution in [0.15, 0.2) is 60.2 Å². The van der Waals surface area contributed by atoms with Crippen molar-refractivity contribution in [3.8, 4) is 11.1 Å². The minimum Gasteiger partial charge on any atom is -0.340 e. The Hall–Kier alpha value is -2.50. The fourth-order valence-electron chi connectivity index (χ4n) is 2.51. The van der Waals surface area contributed by atoms with Crippen molar-refractivity contribution in [1.82, 2.24) is 9.97 Å². The summed E-state index contributed by atoms with van der Waals surface area (Å²) >= 11 is 7.42. The van der Waals surface area contributed by atoms with Gasteiger partial charge < -0.3 is 5.32 Å². The summed E-state index contributed by atoms with van der Waals surface area (Å²) in [5.41, 5.74) is 2.83. The third-order valence-corrected chi connectivity index (χ3v) is 4.81. The molecule has 0 spiro atoms. The Kier molecular flexibility index (Phi) is 3.88. The summed E-state index contributed by atoms with van der Waals surface area (Å²) in [5, 5.41) is 6.29. The van der Waals surface area contributed by atoms with Crippen LogP contribution in [0, 0.1) is 5.82 Å². The van der Waals surface area contributed by atoms with Crippen molar-refractivity contribution in [1.29, 1.82) is 0 Å². The molecule has 0 unspecified atom stereocenters. The Morgan fingerprint density at radius 3 is 2.67 bits per heavy atom. The van der Waals surface area contributed by atoms with Crippen LogP contribution in [0.2, 0.25) is 5.02 Å². The predicted octanol–water partition coefficient (Wildman–Crippen LogP) is 5.89. The first kappa shape index (κ1) is 15.1. The van der Waals surface area contributed by atoms with E-state index >= 15 is 0 Å². The largest absolute Gasteiger partial charge is 0.340 e. The van der Waals surface area contributed by atoms with Crippen LogP contribution in [0.25, 0.3) is 21.3 Å². The molecule has 6 heteroatoms. The van der Waals surface area contributed by atoms with Crippen LogP contribution in [0.3, 0.4) is 0 Å². The van der Waals surface area contributed by atoms with E-state index in [0.717, 1.165) is 21.3 Å². The van der Waals surface area contributed by atoms with Gasteiger partial charge in [-0.3, -0.25) is 0 Å². The Morgan fingerprint density at radius 1 is 1.04 bits per heavy atom. The van der Waals surface area contributed by atoms with Crippen molar-refractivity contribution in [3.63, 3.8) is 0 Å². The van der Waals surface area contributed by atoms with E-state index in [2.05, 4.69) is 20.7 Å². The molecule has 3 nitrogen and oxygen atoms in total. The highest BCUT2D eigenvalue weighted by Crippen LogP contribution is 2.37. The monoisotopic (exact) mass is 355 g/mol. The first-order chi connectivity index (χ1) is 11.7. The molecule has 2 aromatic heterocycles. The van der Waals surface area contributed by atoms with Gasteiger partial charge >= 0.3 is 0 Å². The van der Waals surface area contributed by atoms with Gasteiger partial charge in [-0.2, -0.15) is 0 Å². The summed E-state index contributed by atoms with van der Waals surface area (Å²) in [6, 6.07) is 14.6. The molecule has 2 heterocycles. The first-order valence-corrected chi connectivity index (χ1v) is 8.48. The number of hydrogen-bond donors (Lipinski definition) is 1. The molecule has 0 aliphatic heterocycles. The summed E-state index contributed by atoms with van der Waals surface area (Å²) in [6.07, 6.45) is 1.51. The number of thiophene rings is 1. The topological polar surface area (TPSA) is 37.8 Å². The van der Waals surface area contributed by atoms with E-state index in [1.807, 2.05) is 30.3 Å². The van der Waals surface area contributed by atoms with E-state index in [1.54, 1.807) is 23.5 Å².